The molecule has 0 aliphatic carbocycles. The molecule has 0 radical (unpaired) electrons. The molecule has 4 rings (SSSR count). The molecule has 8 heteroatoms. The molecule has 0 atom stereocenters. The minimum Gasteiger partial charge on any atom is -0.480 e. The number of fused-ring (bicyclic) bond motifs is 1. The Kier molecular flexibility index (Phi) is 3.11. The maximum Gasteiger partial charge on any atom is 0.320 e. The lowest BCUT2D eigenvalue weighted by molar-refractivity contribution is -0.165. The Morgan fingerprint density at radius 1 is 1.29 bits per heavy atom. The van der Waals surface area contributed by atoms with Crippen molar-refractivity contribution in [1.82, 2.24) is 5.16 Å². The van der Waals surface area contributed by atoms with Crippen LogP contribution in [0, 0.1) is 17.3 Å². The Labute approximate surface area is 136 Å². The quantitative estimate of drug-likeness (QED) is 0.798. The van der Waals surface area contributed by atoms with Gasteiger partial charge in [-0.1, -0.05) is 5.16 Å². The average molecular weight is 324 g/mol. The SMILES string of the molecule is CNc1cnoc1C#CC1=NC2=CC(C3(C(=O)O)COC3)=NC2=C1. The third-order valence-corrected chi connectivity index (χ3v) is 4.03. The summed E-state index contributed by atoms with van der Waals surface area (Å²) in [6.45, 7) is 0.264. The summed E-state index contributed by atoms with van der Waals surface area (Å²) in [6.07, 6.45) is 4.94. The fourth-order valence-corrected chi connectivity index (χ4v) is 2.53. The van der Waals surface area contributed by atoms with E-state index in [1.54, 1.807) is 25.4 Å². The lowest BCUT2D eigenvalue weighted by Gasteiger charge is -2.36. The number of hydrogen-bond acceptors (Lipinski definition) is 7. The van der Waals surface area contributed by atoms with Crippen LogP contribution in [0.15, 0.2) is 44.3 Å². The van der Waals surface area contributed by atoms with Crippen LogP contribution >= 0.6 is 0 Å². The molecule has 1 aromatic rings. The smallest absolute Gasteiger partial charge is 0.320 e. The fourth-order valence-electron chi connectivity index (χ4n) is 2.53. The average Bonchev–Trinajstić information content (AvgIpc) is 3.16. The molecule has 0 aromatic carbocycles. The lowest BCUT2D eigenvalue weighted by Crippen LogP contribution is -2.54. The number of carboxylic acids is 1. The van der Waals surface area contributed by atoms with E-state index in [4.69, 9.17) is 9.26 Å². The third kappa shape index (κ3) is 2.06. The molecule has 2 N–H and O–H groups in total. The normalized spacial score (nSPS) is 19.9. The van der Waals surface area contributed by atoms with E-state index in [0.717, 1.165) is 0 Å². The van der Waals surface area contributed by atoms with Gasteiger partial charge in [-0.3, -0.25) is 4.79 Å². The van der Waals surface area contributed by atoms with Crippen molar-refractivity contribution in [2.75, 3.05) is 25.6 Å². The van der Waals surface area contributed by atoms with Crippen LogP contribution in [0.3, 0.4) is 0 Å². The van der Waals surface area contributed by atoms with Crippen molar-refractivity contribution >= 4 is 23.1 Å². The van der Waals surface area contributed by atoms with E-state index in [1.165, 1.54) is 0 Å². The first kappa shape index (κ1) is 14.4. The van der Waals surface area contributed by atoms with Crippen molar-refractivity contribution in [3.8, 4) is 11.8 Å². The summed E-state index contributed by atoms with van der Waals surface area (Å²) < 4.78 is 10.1. The second-order valence-electron chi connectivity index (χ2n) is 5.50. The van der Waals surface area contributed by atoms with Gasteiger partial charge in [0.1, 0.15) is 11.4 Å². The number of nitrogens with zero attached hydrogens (tertiary/aromatic N) is 3. The highest BCUT2D eigenvalue weighted by Crippen LogP contribution is 2.37. The topological polar surface area (TPSA) is 109 Å². The van der Waals surface area contributed by atoms with Gasteiger partial charge in [0.2, 0.25) is 5.76 Å². The van der Waals surface area contributed by atoms with Gasteiger partial charge in [-0.2, -0.15) is 0 Å². The molecule has 0 bridgehead atoms. The van der Waals surface area contributed by atoms with Crippen LogP contribution in [-0.2, 0) is 9.53 Å². The van der Waals surface area contributed by atoms with Crippen molar-refractivity contribution in [1.29, 1.82) is 0 Å². The summed E-state index contributed by atoms with van der Waals surface area (Å²) in [6, 6.07) is 0. The zero-order chi connectivity index (χ0) is 16.7. The molecule has 0 unspecified atom stereocenters. The molecule has 1 aromatic heterocycles. The summed E-state index contributed by atoms with van der Waals surface area (Å²) in [7, 11) is 1.75. The number of carboxylic acid groups (broad SMARTS) is 1. The first-order chi connectivity index (χ1) is 11.6. The molecule has 3 aliphatic rings. The molecule has 4 heterocycles. The van der Waals surface area contributed by atoms with Crippen LogP contribution in [0.5, 0.6) is 0 Å². The maximum atomic E-state index is 11.5. The van der Waals surface area contributed by atoms with Crippen molar-refractivity contribution < 1.29 is 19.2 Å². The van der Waals surface area contributed by atoms with Crippen LogP contribution in [0.1, 0.15) is 5.76 Å². The van der Waals surface area contributed by atoms with E-state index in [0.29, 0.717) is 34.3 Å². The van der Waals surface area contributed by atoms with E-state index < -0.39 is 11.4 Å². The number of allylic oxidation sites excluding steroid dienone is 2. The highest BCUT2D eigenvalue weighted by atomic mass is 16.5. The number of aliphatic imine (C=N–C) groups is 2. The predicted molar refractivity (Wildman–Crippen MR) is 84.9 cm³/mol. The van der Waals surface area contributed by atoms with E-state index in [-0.39, 0.29) is 13.2 Å². The molecule has 24 heavy (non-hydrogen) atoms. The third-order valence-electron chi connectivity index (χ3n) is 4.03. The van der Waals surface area contributed by atoms with Crippen molar-refractivity contribution in [3.05, 3.63) is 35.5 Å². The highest BCUT2D eigenvalue weighted by Gasteiger charge is 2.51. The number of hydrogen-bond donors (Lipinski definition) is 2. The first-order valence-corrected chi connectivity index (χ1v) is 7.19. The molecule has 0 saturated carbocycles. The van der Waals surface area contributed by atoms with E-state index in [1.807, 2.05) is 0 Å². The predicted octanol–water partition coefficient (Wildman–Crippen LogP) is 0.846. The molecule has 0 spiro atoms. The molecule has 3 aliphatic heterocycles. The number of aliphatic carboxylic acids is 1. The van der Waals surface area contributed by atoms with Crippen LogP contribution in [0.4, 0.5) is 5.69 Å². The Hall–Kier alpha value is -3.18. The molecule has 1 fully saturated rings. The Bertz CT molecular complexity index is 919. The number of rotatable bonds is 3. The minimum atomic E-state index is -1.05. The Morgan fingerprint density at radius 2 is 2.08 bits per heavy atom. The number of ether oxygens (including phenoxy) is 1. The molecular weight excluding hydrogens is 312 g/mol. The van der Waals surface area contributed by atoms with Crippen molar-refractivity contribution in [2.45, 2.75) is 0 Å². The first-order valence-electron chi connectivity index (χ1n) is 7.19. The van der Waals surface area contributed by atoms with Gasteiger partial charge in [0.05, 0.1) is 36.5 Å². The minimum absolute atomic E-state index is 0.132. The van der Waals surface area contributed by atoms with Crippen LogP contribution < -0.4 is 5.32 Å². The number of anilines is 1. The summed E-state index contributed by atoms with van der Waals surface area (Å²) >= 11 is 0. The Morgan fingerprint density at radius 3 is 2.71 bits per heavy atom. The zero-order valence-corrected chi connectivity index (χ0v) is 12.7. The zero-order valence-electron chi connectivity index (χ0n) is 12.7. The van der Waals surface area contributed by atoms with Crippen molar-refractivity contribution in [2.24, 2.45) is 15.4 Å². The van der Waals surface area contributed by atoms with E-state index in [9.17, 15) is 9.90 Å². The molecule has 120 valence electrons. The second-order valence-corrected chi connectivity index (χ2v) is 5.50. The monoisotopic (exact) mass is 324 g/mol. The van der Waals surface area contributed by atoms with Gasteiger partial charge >= 0.3 is 5.97 Å². The van der Waals surface area contributed by atoms with Gasteiger partial charge in [-0.25, -0.2) is 9.98 Å². The maximum absolute atomic E-state index is 11.5. The molecule has 0 amide bonds. The highest BCUT2D eigenvalue weighted by molar-refractivity contribution is 6.19. The largest absolute Gasteiger partial charge is 0.480 e. The number of carbonyl (C=O) groups is 1. The standard InChI is InChI=1S/C16H12N4O4/c1-17-12-6-18-24-13(12)3-2-9-4-10-11(19-9)5-14(20-10)16(15(21)22)7-23-8-16/h4-6,17H,7-8H2,1H3,(H,21,22). The van der Waals surface area contributed by atoms with Gasteiger partial charge in [-0.15, -0.1) is 0 Å². The van der Waals surface area contributed by atoms with Gasteiger partial charge in [-0.05, 0) is 17.9 Å². The van der Waals surface area contributed by atoms with E-state index >= 15 is 0 Å². The van der Waals surface area contributed by atoms with Gasteiger partial charge in [0, 0.05) is 13.1 Å². The molecule has 8 nitrogen and oxygen atoms in total. The number of nitrogens with one attached hydrogen (secondary N) is 1. The van der Waals surface area contributed by atoms with Crippen LogP contribution in [-0.4, -0.2) is 47.9 Å². The van der Waals surface area contributed by atoms with Gasteiger partial charge < -0.3 is 19.7 Å². The van der Waals surface area contributed by atoms with Gasteiger partial charge in [0.15, 0.2) is 5.41 Å². The molecule has 1 saturated heterocycles. The summed E-state index contributed by atoms with van der Waals surface area (Å²) in [5, 5.41) is 16.0. The van der Waals surface area contributed by atoms with Crippen LogP contribution in [0.25, 0.3) is 0 Å². The lowest BCUT2D eigenvalue weighted by atomic mass is 9.81. The summed E-state index contributed by atoms with van der Waals surface area (Å²) in [4.78, 5) is 20.2. The summed E-state index contributed by atoms with van der Waals surface area (Å²) in [5.41, 5.74) is 1.89. The van der Waals surface area contributed by atoms with Crippen LogP contribution in [0.2, 0.25) is 0 Å². The fraction of sp³-hybridized carbons (Fsp3) is 0.250. The number of aromatic nitrogens is 1. The van der Waals surface area contributed by atoms with Crippen molar-refractivity contribution in [3.63, 3.8) is 0 Å². The van der Waals surface area contributed by atoms with Gasteiger partial charge in [0.25, 0.3) is 0 Å². The summed E-state index contributed by atoms with van der Waals surface area (Å²) in [5.74, 6) is 5.23. The van der Waals surface area contributed by atoms with E-state index in [2.05, 4.69) is 32.3 Å². The Balaban J connectivity index is 1.57. The molecular formula is C16H12N4O4. The second kappa shape index (κ2) is 5.18.